The number of hydrogen-bond acceptors (Lipinski definition) is 6. The van der Waals surface area contributed by atoms with Crippen molar-refractivity contribution < 1.29 is 29.0 Å². The molecule has 2 aliphatic heterocycles. The van der Waals surface area contributed by atoms with Crippen LogP contribution < -0.4 is 0 Å². The molecular weight excluding hydrogens is 396 g/mol. The normalized spacial score (nSPS) is 49.8. The second-order valence-electron chi connectivity index (χ2n) is 11.1. The van der Waals surface area contributed by atoms with E-state index in [0.29, 0.717) is 24.8 Å². The molecule has 2 saturated carbocycles. The zero-order chi connectivity index (χ0) is 23.0. The number of Topliss-reactive ketones (excluding diaryl/α,β-unsaturated/α-hetero) is 1. The van der Waals surface area contributed by atoms with E-state index in [1.54, 1.807) is 13.8 Å². The molecule has 1 saturated heterocycles. The summed E-state index contributed by atoms with van der Waals surface area (Å²) in [5.41, 5.74) is -4.23. The van der Waals surface area contributed by atoms with Gasteiger partial charge in [0.15, 0.2) is 11.4 Å². The Balaban J connectivity index is 1.85. The summed E-state index contributed by atoms with van der Waals surface area (Å²) in [4.78, 5) is 39.3. The van der Waals surface area contributed by atoms with E-state index >= 15 is 0 Å². The molecule has 2 bridgehead atoms. The van der Waals surface area contributed by atoms with Gasteiger partial charge in [-0.25, -0.2) is 4.79 Å². The molecule has 1 N–H and O–H groups in total. The summed E-state index contributed by atoms with van der Waals surface area (Å²) in [6.07, 6.45) is 3.98. The summed E-state index contributed by atoms with van der Waals surface area (Å²) in [5.74, 6) is -1.31. The third-order valence-corrected chi connectivity index (χ3v) is 9.82. The lowest BCUT2D eigenvalue weighted by Crippen LogP contribution is -2.63. The number of carbonyl (C=O) groups excluding carboxylic acids is 3. The molecule has 31 heavy (non-hydrogen) atoms. The largest absolute Gasteiger partial charge is 0.458 e. The number of ether oxygens (including phenoxy) is 2. The van der Waals surface area contributed by atoms with Crippen molar-refractivity contribution in [1.82, 2.24) is 0 Å². The number of allylic oxidation sites excluding steroid dienone is 1. The van der Waals surface area contributed by atoms with Crippen molar-refractivity contribution >= 4 is 17.7 Å². The monoisotopic (exact) mass is 426 g/mol. The van der Waals surface area contributed by atoms with Gasteiger partial charge >= 0.3 is 11.9 Å². The summed E-state index contributed by atoms with van der Waals surface area (Å²) in [6.45, 7) is 15.4. The van der Waals surface area contributed by atoms with E-state index in [-0.39, 0.29) is 11.8 Å². The van der Waals surface area contributed by atoms with Crippen LogP contribution in [0.1, 0.15) is 60.8 Å². The summed E-state index contributed by atoms with van der Waals surface area (Å²) < 4.78 is 11.3. The summed E-state index contributed by atoms with van der Waals surface area (Å²) in [6, 6.07) is 0. The van der Waals surface area contributed by atoms with Gasteiger partial charge in [0.2, 0.25) is 0 Å². The lowest BCUT2D eigenvalue weighted by atomic mass is 9.42. The average molecular weight is 427 g/mol. The molecule has 2 heterocycles. The maximum absolute atomic E-state index is 13.8. The topological polar surface area (TPSA) is 89.9 Å². The fourth-order valence-corrected chi connectivity index (χ4v) is 7.95. The fraction of sp³-hybridized carbons (Fsp3) is 0.640. The number of cyclic esters (lactones) is 2. The molecule has 6 nitrogen and oxygen atoms in total. The van der Waals surface area contributed by atoms with Crippen molar-refractivity contribution in [3.05, 3.63) is 35.5 Å². The van der Waals surface area contributed by atoms with Crippen LogP contribution in [0, 0.1) is 21.7 Å². The smallest absolute Gasteiger partial charge is 0.331 e. The highest BCUT2D eigenvalue weighted by molar-refractivity contribution is 6.11. The predicted molar refractivity (Wildman–Crippen MR) is 112 cm³/mol. The Morgan fingerprint density at radius 2 is 1.77 bits per heavy atom. The van der Waals surface area contributed by atoms with Crippen LogP contribution in [0.15, 0.2) is 35.5 Å². The first kappa shape index (κ1) is 20.7. The Hall–Kier alpha value is -2.21. The summed E-state index contributed by atoms with van der Waals surface area (Å²) in [7, 11) is 0. The van der Waals surface area contributed by atoms with Gasteiger partial charge in [-0.05, 0) is 59.5 Å². The zero-order valence-corrected chi connectivity index (χ0v) is 19.0. The van der Waals surface area contributed by atoms with Crippen LogP contribution in [0.5, 0.6) is 0 Å². The fourth-order valence-electron chi connectivity index (χ4n) is 7.95. The van der Waals surface area contributed by atoms with E-state index in [9.17, 15) is 19.5 Å². The van der Waals surface area contributed by atoms with Crippen molar-refractivity contribution in [1.29, 1.82) is 0 Å². The number of carbonyl (C=O) groups is 3. The molecule has 6 atom stereocenters. The third-order valence-electron chi connectivity index (χ3n) is 9.82. The molecule has 0 aromatic heterocycles. The van der Waals surface area contributed by atoms with Gasteiger partial charge in [0.05, 0.1) is 5.41 Å². The Morgan fingerprint density at radius 1 is 1.13 bits per heavy atom. The first-order chi connectivity index (χ1) is 14.2. The van der Waals surface area contributed by atoms with Crippen LogP contribution in [-0.4, -0.2) is 40.1 Å². The van der Waals surface area contributed by atoms with Crippen LogP contribution >= 0.6 is 0 Å². The number of aliphatic hydroxyl groups is 1. The van der Waals surface area contributed by atoms with Crippen LogP contribution in [0.25, 0.3) is 0 Å². The lowest BCUT2D eigenvalue weighted by molar-refractivity contribution is -0.166. The Kier molecular flexibility index (Phi) is 3.48. The molecule has 166 valence electrons. The molecular formula is C25H30O6. The third kappa shape index (κ3) is 1.72. The molecule has 0 aromatic carbocycles. The van der Waals surface area contributed by atoms with E-state index in [2.05, 4.69) is 6.58 Å². The minimum absolute atomic E-state index is 0.373. The van der Waals surface area contributed by atoms with Crippen LogP contribution in [0.3, 0.4) is 0 Å². The molecule has 0 radical (unpaired) electrons. The Morgan fingerprint density at radius 3 is 2.39 bits per heavy atom. The molecule has 0 unspecified atom stereocenters. The van der Waals surface area contributed by atoms with E-state index in [1.807, 2.05) is 33.8 Å². The first-order valence-corrected chi connectivity index (χ1v) is 11.0. The average Bonchev–Trinajstić information content (AvgIpc) is 2.93. The summed E-state index contributed by atoms with van der Waals surface area (Å²) >= 11 is 0. The second kappa shape index (κ2) is 5.22. The number of esters is 2. The second-order valence-corrected chi connectivity index (χ2v) is 11.1. The highest BCUT2D eigenvalue weighted by Crippen LogP contribution is 2.78. The van der Waals surface area contributed by atoms with E-state index in [4.69, 9.17) is 9.47 Å². The molecule has 3 aliphatic carbocycles. The predicted octanol–water partition coefficient (Wildman–Crippen LogP) is 3.19. The first-order valence-electron chi connectivity index (χ1n) is 11.0. The van der Waals surface area contributed by atoms with E-state index in [0.717, 1.165) is 11.1 Å². The van der Waals surface area contributed by atoms with Gasteiger partial charge in [0, 0.05) is 16.9 Å². The number of fused-ring (bicyclic) bond motifs is 2. The standard InChI is InChI=1S/C25H30O6/c1-13-16-12-21(6)14(2)24(19(28)30-15(3)25(24,29)18(21)27)22(16,7)10-11-23(13)9-8-17(26)31-20(23,4)5/h8-9,15,29H,2,10-12H2,1,3-7H3/t15-,21-,22+,23-,24+,25-/m0/s1. The maximum atomic E-state index is 13.8. The van der Waals surface area contributed by atoms with Crippen molar-refractivity contribution in [3.63, 3.8) is 0 Å². The molecule has 6 heteroatoms. The quantitative estimate of drug-likeness (QED) is 0.473. The van der Waals surface area contributed by atoms with Crippen molar-refractivity contribution in [2.45, 2.75) is 78.1 Å². The van der Waals surface area contributed by atoms with E-state index in [1.165, 1.54) is 6.08 Å². The van der Waals surface area contributed by atoms with Gasteiger partial charge in [-0.2, -0.15) is 0 Å². The van der Waals surface area contributed by atoms with Crippen LogP contribution in [-0.2, 0) is 23.9 Å². The maximum Gasteiger partial charge on any atom is 0.331 e. The van der Waals surface area contributed by atoms with Crippen molar-refractivity contribution in [3.8, 4) is 0 Å². The SMILES string of the molecule is C=C1[C@]2(C)CC3=C(C)[C@]4(C=CC(=O)OC4(C)C)CC[C@@]3(C)[C@]13C(=O)O[C@@H](C)[C@]3(O)C2=O. The molecule has 5 aliphatic rings. The highest BCUT2D eigenvalue weighted by Gasteiger charge is 2.87. The zero-order valence-electron chi connectivity index (χ0n) is 19.0. The molecule has 2 spiro atoms. The van der Waals surface area contributed by atoms with Gasteiger partial charge in [0.25, 0.3) is 0 Å². The van der Waals surface area contributed by atoms with Crippen LogP contribution in [0.4, 0.5) is 0 Å². The summed E-state index contributed by atoms with van der Waals surface area (Å²) in [5, 5.41) is 11.9. The lowest BCUT2D eigenvalue weighted by Gasteiger charge is -2.60. The van der Waals surface area contributed by atoms with Gasteiger partial charge in [-0.3, -0.25) is 9.59 Å². The molecule has 5 rings (SSSR count). The van der Waals surface area contributed by atoms with Gasteiger partial charge in [-0.15, -0.1) is 0 Å². The number of ketones is 1. The molecule has 3 fully saturated rings. The van der Waals surface area contributed by atoms with Crippen molar-refractivity contribution in [2.75, 3.05) is 0 Å². The molecule has 0 amide bonds. The highest BCUT2D eigenvalue weighted by atomic mass is 16.6. The van der Waals surface area contributed by atoms with Gasteiger partial charge < -0.3 is 14.6 Å². The minimum Gasteiger partial charge on any atom is -0.458 e. The number of rotatable bonds is 0. The van der Waals surface area contributed by atoms with E-state index < -0.39 is 44.9 Å². The van der Waals surface area contributed by atoms with Crippen LogP contribution in [0.2, 0.25) is 0 Å². The minimum atomic E-state index is -1.94. The van der Waals surface area contributed by atoms with Gasteiger partial charge in [-0.1, -0.05) is 30.7 Å². The Labute approximate surface area is 182 Å². The molecule has 0 aromatic rings. The van der Waals surface area contributed by atoms with Gasteiger partial charge in [0.1, 0.15) is 17.1 Å². The van der Waals surface area contributed by atoms with Crippen molar-refractivity contribution in [2.24, 2.45) is 21.7 Å². The Bertz CT molecular complexity index is 1060. The number of hydrogen-bond donors (Lipinski definition) is 1.